The Morgan fingerprint density at radius 3 is 2.68 bits per heavy atom. The first-order valence-electron chi connectivity index (χ1n) is 6.01. The van der Waals surface area contributed by atoms with Crippen LogP contribution in [-0.4, -0.2) is 36.0 Å². The highest BCUT2D eigenvalue weighted by atomic mass is 16.5. The Bertz CT molecular complexity index is 593. The summed E-state index contributed by atoms with van der Waals surface area (Å²) in [6, 6.07) is 6.49. The molecule has 0 bridgehead atoms. The number of fused-ring (bicyclic) bond motifs is 3. The quantitative estimate of drug-likeness (QED) is 0.715. The van der Waals surface area contributed by atoms with Crippen LogP contribution in [0.3, 0.4) is 0 Å². The summed E-state index contributed by atoms with van der Waals surface area (Å²) < 4.78 is 10.3. The molecule has 0 radical (unpaired) electrons. The van der Waals surface area contributed by atoms with E-state index in [9.17, 15) is 9.59 Å². The van der Waals surface area contributed by atoms with Gasteiger partial charge >= 0.3 is 5.97 Å². The minimum Gasteiger partial charge on any atom is -0.493 e. The van der Waals surface area contributed by atoms with Crippen LogP contribution in [0.2, 0.25) is 0 Å². The van der Waals surface area contributed by atoms with E-state index in [2.05, 4.69) is 0 Å². The van der Waals surface area contributed by atoms with Crippen LogP contribution < -0.4 is 0 Å². The molecule has 1 aromatic carbocycles. The first-order chi connectivity index (χ1) is 9.15. The molecule has 98 valence electrons. The largest absolute Gasteiger partial charge is 0.493 e. The van der Waals surface area contributed by atoms with Crippen LogP contribution in [-0.2, 0) is 14.3 Å². The number of nitrogens with zero attached hydrogens (tertiary/aromatic N) is 1. The predicted octanol–water partition coefficient (Wildman–Crippen LogP) is 1.40. The second kappa shape index (κ2) is 4.12. The van der Waals surface area contributed by atoms with E-state index in [0.717, 1.165) is 5.56 Å². The number of carbonyl (C=O) groups excluding carboxylic acids is 2. The van der Waals surface area contributed by atoms with E-state index in [4.69, 9.17) is 9.47 Å². The second-order valence-electron chi connectivity index (χ2n) is 4.53. The lowest BCUT2D eigenvalue weighted by molar-refractivity contribution is -0.149. The third-order valence-corrected chi connectivity index (χ3v) is 3.47. The smallest absolute Gasteiger partial charge is 0.332 e. The fourth-order valence-electron chi connectivity index (χ4n) is 2.53. The van der Waals surface area contributed by atoms with Gasteiger partial charge in [-0.15, -0.1) is 0 Å². The Hall–Kier alpha value is -2.30. The first-order valence-corrected chi connectivity index (χ1v) is 6.01. The zero-order chi connectivity index (χ0) is 13.6. The van der Waals surface area contributed by atoms with Crippen LogP contribution >= 0.6 is 0 Å². The van der Waals surface area contributed by atoms with Gasteiger partial charge in [0.1, 0.15) is 12.4 Å². The van der Waals surface area contributed by atoms with Crippen molar-refractivity contribution in [3.05, 3.63) is 41.7 Å². The van der Waals surface area contributed by atoms with Crippen LogP contribution in [0.5, 0.6) is 0 Å². The molecule has 2 atom stereocenters. The molecule has 0 spiro atoms. The Labute approximate surface area is 110 Å². The molecule has 2 heterocycles. The van der Waals surface area contributed by atoms with Gasteiger partial charge in [-0.05, 0) is 13.0 Å². The highest BCUT2D eigenvalue weighted by molar-refractivity contribution is 6.11. The molecule has 1 amide bonds. The number of benzene rings is 1. The monoisotopic (exact) mass is 259 g/mol. The number of methoxy groups -OCH3 is 1. The van der Waals surface area contributed by atoms with Crippen LogP contribution in [0.4, 0.5) is 0 Å². The van der Waals surface area contributed by atoms with Crippen molar-refractivity contribution in [3.8, 4) is 0 Å². The van der Waals surface area contributed by atoms with E-state index >= 15 is 0 Å². The average Bonchev–Trinajstić information content (AvgIpc) is 2.72. The molecule has 0 saturated heterocycles. The summed E-state index contributed by atoms with van der Waals surface area (Å²) in [6.45, 7) is 1.74. The van der Waals surface area contributed by atoms with Gasteiger partial charge in [0, 0.05) is 11.1 Å². The van der Waals surface area contributed by atoms with Crippen molar-refractivity contribution in [1.82, 2.24) is 4.90 Å². The molecule has 0 fully saturated rings. The van der Waals surface area contributed by atoms with Crippen molar-refractivity contribution in [2.75, 3.05) is 7.11 Å². The molecule has 2 aliphatic heterocycles. The zero-order valence-electron chi connectivity index (χ0n) is 10.6. The lowest BCUT2D eigenvalue weighted by atomic mass is 10.1. The van der Waals surface area contributed by atoms with Gasteiger partial charge in [0.2, 0.25) is 0 Å². The second-order valence-corrected chi connectivity index (χ2v) is 4.53. The van der Waals surface area contributed by atoms with Crippen LogP contribution in [0.25, 0.3) is 5.70 Å². The van der Waals surface area contributed by atoms with Crippen molar-refractivity contribution < 1.29 is 19.1 Å². The maximum absolute atomic E-state index is 12.4. The van der Waals surface area contributed by atoms with Gasteiger partial charge < -0.3 is 9.47 Å². The van der Waals surface area contributed by atoms with E-state index in [1.165, 1.54) is 18.3 Å². The highest BCUT2D eigenvalue weighted by Gasteiger charge is 2.46. The molecule has 5 heteroatoms. The Balaban J connectivity index is 2.11. The fraction of sp³-hybridized carbons (Fsp3) is 0.286. The minimum atomic E-state index is -0.745. The van der Waals surface area contributed by atoms with E-state index in [1.54, 1.807) is 19.1 Å². The number of rotatable bonds is 1. The number of hydrogen-bond donors (Lipinski definition) is 0. The van der Waals surface area contributed by atoms with Gasteiger partial charge in [-0.25, -0.2) is 4.79 Å². The molecule has 2 aliphatic rings. The number of amides is 1. The summed E-state index contributed by atoms with van der Waals surface area (Å²) >= 11 is 0. The van der Waals surface area contributed by atoms with Crippen molar-refractivity contribution in [2.24, 2.45) is 0 Å². The summed E-state index contributed by atoms with van der Waals surface area (Å²) in [7, 11) is 1.31. The van der Waals surface area contributed by atoms with Gasteiger partial charge in [-0.2, -0.15) is 0 Å². The molecular formula is C14H13NO4. The van der Waals surface area contributed by atoms with Gasteiger partial charge in [0.15, 0.2) is 6.04 Å². The molecule has 0 aromatic heterocycles. The lowest BCUT2D eigenvalue weighted by Crippen LogP contribution is -2.50. The van der Waals surface area contributed by atoms with E-state index in [1.807, 2.05) is 12.1 Å². The summed E-state index contributed by atoms with van der Waals surface area (Å²) in [4.78, 5) is 25.8. The molecule has 0 aliphatic carbocycles. The highest BCUT2D eigenvalue weighted by Crippen LogP contribution is 2.38. The third kappa shape index (κ3) is 1.54. The normalized spacial score (nSPS) is 24.2. The topological polar surface area (TPSA) is 55.8 Å². The Morgan fingerprint density at radius 2 is 2.00 bits per heavy atom. The third-order valence-electron chi connectivity index (χ3n) is 3.47. The zero-order valence-corrected chi connectivity index (χ0v) is 10.6. The number of carbonyl (C=O) groups is 2. The Morgan fingerprint density at radius 1 is 1.32 bits per heavy atom. The summed E-state index contributed by atoms with van der Waals surface area (Å²) in [5.74, 6) is -0.661. The number of esters is 1. The van der Waals surface area contributed by atoms with Crippen molar-refractivity contribution in [1.29, 1.82) is 0 Å². The maximum atomic E-state index is 12.4. The lowest BCUT2D eigenvalue weighted by Gasteiger charge is -2.34. The number of ether oxygens (including phenoxy) is 2. The van der Waals surface area contributed by atoms with E-state index < -0.39 is 18.1 Å². The minimum absolute atomic E-state index is 0.188. The molecule has 19 heavy (non-hydrogen) atoms. The van der Waals surface area contributed by atoms with Gasteiger partial charge in [0.05, 0.1) is 12.8 Å². The van der Waals surface area contributed by atoms with Crippen LogP contribution in [0, 0.1) is 0 Å². The van der Waals surface area contributed by atoms with Gasteiger partial charge in [-0.3, -0.25) is 9.69 Å². The molecule has 1 aromatic rings. The predicted molar refractivity (Wildman–Crippen MR) is 66.9 cm³/mol. The standard InChI is InChI=1S/C14H13NO4/c1-8-12(14(17)18-2)15-11(7-19-8)9-5-3-4-6-10(9)13(15)16/h3-8,12H,1-2H3/t8-,12+/m1/s1. The summed E-state index contributed by atoms with van der Waals surface area (Å²) in [6.07, 6.45) is 1.10. The average molecular weight is 259 g/mol. The van der Waals surface area contributed by atoms with Crippen molar-refractivity contribution in [3.63, 3.8) is 0 Å². The van der Waals surface area contributed by atoms with Crippen LogP contribution in [0.15, 0.2) is 30.5 Å². The first kappa shape index (κ1) is 11.8. The molecule has 3 rings (SSSR count). The van der Waals surface area contributed by atoms with E-state index in [0.29, 0.717) is 11.3 Å². The fourth-order valence-corrected chi connectivity index (χ4v) is 2.53. The Kier molecular flexibility index (Phi) is 2.55. The molecule has 0 saturated carbocycles. The van der Waals surface area contributed by atoms with Gasteiger partial charge in [-0.1, -0.05) is 18.2 Å². The summed E-state index contributed by atoms with van der Waals surface area (Å²) in [5.41, 5.74) is 1.99. The summed E-state index contributed by atoms with van der Waals surface area (Å²) in [5, 5.41) is 0. The van der Waals surface area contributed by atoms with Crippen molar-refractivity contribution >= 4 is 17.6 Å². The molecule has 0 unspecified atom stereocenters. The molecule has 5 nitrogen and oxygen atoms in total. The number of hydrogen-bond acceptors (Lipinski definition) is 4. The van der Waals surface area contributed by atoms with Crippen molar-refractivity contribution in [2.45, 2.75) is 19.1 Å². The van der Waals surface area contributed by atoms with Gasteiger partial charge in [0.25, 0.3) is 5.91 Å². The van der Waals surface area contributed by atoms with Crippen LogP contribution in [0.1, 0.15) is 22.8 Å². The molecular weight excluding hydrogens is 246 g/mol. The maximum Gasteiger partial charge on any atom is 0.332 e. The van der Waals surface area contributed by atoms with E-state index in [-0.39, 0.29) is 5.91 Å². The SMILES string of the molecule is COC(=O)[C@@H]1[C@@H](C)OC=C2c3ccccc3C(=O)N21. The molecule has 0 N–H and O–H groups in total.